The van der Waals surface area contributed by atoms with E-state index in [0.717, 1.165) is 12.8 Å². The van der Waals surface area contributed by atoms with Crippen molar-refractivity contribution >= 4 is 17.4 Å². The fourth-order valence-electron chi connectivity index (χ4n) is 3.08. The van der Waals surface area contributed by atoms with Gasteiger partial charge in [-0.25, -0.2) is 4.39 Å². The summed E-state index contributed by atoms with van der Waals surface area (Å²) in [6, 6.07) is 4.48. The summed E-state index contributed by atoms with van der Waals surface area (Å²) < 4.78 is 19.4. The predicted molar refractivity (Wildman–Crippen MR) is 77.5 cm³/mol. The van der Waals surface area contributed by atoms with E-state index < -0.39 is 11.4 Å². The van der Waals surface area contributed by atoms with Crippen molar-refractivity contribution in [2.45, 2.75) is 44.6 Å². The number of benzene rings is 1. The lowest BCUT2D eigenvalue weighted by molar-refractivity contribution is -0.146. The third-order valence-electron chi connectivity index (χ3n) is 4.25. The largest absolute Gasteiger partial charge is 0.370 e. The van der Waals surface area contributed by atoms with E-state index in [1.807, 2.05) is 0 Å². The van der Waals surface area contributed by atoms with Crippen LogP contribution in [0.5, 0.6) is 0 Å². The van der Waals surface area contributed by atoms with Gasteiger partial charge in [0.2, 0.25) is 0 Å². The third-order valence-corrected chi connectivity index (χ3v) is 4.61. The van der Waals surface area contributed by atoms with Gasteiger partial charge in [0.15, 0.2) is 5.78 Å². The number of Topliss-reactive ketones (excluding diaryl/α,β-unsaturated/α-hetero) is 1. The lowest BCUT2D eigenvalue weighted by atomic mass is 9.75. The van der Waals surface area contributed by atoms with Gasteiger partial charge in [-0.1, -0.05) is 31.0 Å². The summed E-state index contributed by atoms with van der Waals surface area (Å²) in [5, 5.41) is 0.300. The highest BCUT2D eigenvalue weighted by molar-refractivity contribution is 6.31. The molecule has 2 nitrogen and oxygen atoms in total. The van der Waals surface area contributed by atoms with Crippen LogP contribution in [0.2, 0.25) is 5.02 Å². The number of hydrogen-bond donors (Lipinski definition) is 0. The smallest absolute Gasteiger partial charge is 0.169 e. The normalized spacial score (nSPS) is 26.5. The number of hydrogen-bond acceptors (Lipinski definition) is 2. The molecule has 0 spiro atoms. The van der Waals surface area contributed by atoms with Crippen LogP contribution in [0.4, 0.5) is 4.39 Å². The van der Waals surface area contributed by atoms with E-state index in [9.17, 15) is 9.18 Å². The van der Waals surface area contributed by atoms with Crippen LogP contribution in [-0.2, 0) is 16.0 Å². The molecule has 110 valence electrons. The highest BCUT2D eigenvalue weighted by Crippen LogP contribution is 2.36. The van der Waals surface area contributed by atoms with Crippen LogP contribution in [0.25, 0.3) is 0 Å². The van der Waals surface area contributed by atoms with Crippen LogP contribution in [0.1, 0.15) is 38.2 Å². The molecule has 1 aromatic rings. The van der Waals surface area contributed by atoms with Crippen molar-refractivity contribution in [2.75, 3.05) is 7.11 Å². The molecular formula is C16H20ClFO2. The average Bonchev–Trinajstić information content (AvgIpc) is 2.42. The van der Waals surface area contributed by atoms with E-state index in [1.165, 1.54) is 6.07 Å². The molecule has 0 bridgehead atoms. The molecule has 0 radical (unpaired) electrons. The van der Waals surface area contributed by atoms with Crippen molar-refractivity contribution in [1.29, 1.82) is 0 Å². The molecule has 0 saturated heterocycles. The van der Waals surface area contributed by atoms with Gasteiger partial charge in [-0.2, -0.15) is 0 Å². The van der Waals surface area contributed by atoms with Crippen LogP contribution in [0.3, 0.4) is 0 Å². The van der Waals surface area contributed by atoms with Gasteiger partial charge in [-0.3, -0.25) is 4.79 Å². The molecule has 0 amide bonds. The van der Waals surface area contributed by atoms with Crippen molar-refractivity contribution in [3.8, 4) is 0 Å². The van der Waals surface area contributed by atoms with E-state index in [1.54, 1.807) is 19.2 Å². The fraction of sp³-hybridized carbons (Fsp3) is 0.562. The Hall–Kier alpha value is -0.930. The summed E-state index contributed by atoms with van der Waals surface area (Å²) >= 11 is 6.00. The predicted octanol–water partition coefficient (Wildman–Crippen LogP) is 4.19. The van der Waals surface area contributed by atoms with Crippen LogP contribution < -0.4 is 0 Å². The Bertz CT molecular complexity index is 483. The first-order chi connectivity index (χ1) is 9.48. The van der Waals surface area contributed by atoms with E-state index in [2.05, 4.69) is 6.92 Å². The lowest BCUT2D eigenvalue weighted by Crippen LogP contribution is -2.45. The quantitative estimate of drug-likeness (QED) is 0.833. The average molecular weight is 299 g/mol. The van der Waals surface area contributed by atoms with Crippen molar-refractivity contribution < 1.29 is 13.9 Å². The molecule has 0 aromatic heterocycles. The molecule has 0 N–H and O–H groups in total. The van der Waals surface area contributed by atoms with E-state index in [0.29, 0.717) is 23.8 Å². The molecular weight excluding hydrogens is 279 g/mol. The maximum atomic E-state index is 13.8. The molecule has 1 aromatic carbocycles. The van der Waals surface area contributed by atoms with Gasteiger partial charge in [0.1, 0.15) is 11.4 Å². The summed E-state index contributed by atoms with van der Waals surface area (Å²) in [4.78, 5) is 12.6. The van der Waals surface area contributed by atoms with Crippen LogP contribution in [0, 0.1) is 11.7 Å². The first kappa shape index (κ1) is 15.5. The SMILES string of the molecule is COC1(C(=O)Cc2c(F)cccc2Cl)CCCC(C)C1. The zero-order chi connectivity index (χ0) is 14.8. The lowest BCUT2D eigenvalue weighted by Gasteiger charge is -2.37. The monoisotopic (exact) mass is 298 g/mol. The maximum Gasteiger partial charge on any atom is 0.169 e. The maximum absolute atomic E-state index is 13.8. The van der Waals surface area contributed by atoms with Gasteiger partial charge < -0.3 is 4.74 Å². The Morgan fingerprint density at radius 1 is 1.55 bits per heavy atom. The molecule has 2 atom stereocenters. The minimum atomic E-state index is -0.775. The second-order valence-corrected chi connectivity index (χ2v) is 6.11. The van der Waals surface area contributed by atoms with Crippen LogP contribution >= 0.6 is 11.6 Å². The zero-order valence-electron chi connectivity index (χ0n) is 11.9. The van der Waals surface area contributed by atoms with E-state index in [4.69, 9.17) is 16.3 Å². The van der Waals surface area contributed by atoms with Crippen molar-refractivity contribution in [3.05, 3.63) is 34.6 Å². The Morgan fingerprint density at radius 2 is 2.30 bits per heavy atom. The summed E-state index contributed by atoms with van der Waals surface area (Å²) in [6.45, 7) is 2.12. The van der Waals surface area contributed by atoms with E-state index >= 15 is 0 Å². The molecule has 0 aliphatic heterocycles. The number of halogens is 2. The second kappa shape index (κ2) is 6.23. The first-order valence-electron chi connectivity index (χ1n) is 7.00. The van der Waals surface area contributed by atoms with Gasteiger partial charge in [-0.05, 0) is 37.3 Å². The Balaban J connectivity index is 2.22. The van der Waals surface area contributed by atoms with Gasteiger partial charge >= 0.3 is 0 Å². The highest BCUT2D eigenvalue weighted by Gasteiger charge is 2.41. The summed E-state index contributed by atoms with van der Waals surface area (Å²) in [6.07, 6.45) is 3.48. The zero-order valence-corrected chi connectivity index (χ0v) is 12.7. The Kier molecular flexibility index (Phi) is 4.82. The molecule has 0 heterocycles. The molecule has 2 rings (SSSR count). The number of methoxy groups -OCH3 is 1. The van der Waals surface area contributed by atoms with Gasteiger partial charge in [0.25, 0.3) is 0 Å². The minimum Gasteiger partial charge on any atom is -0.370 e. The summed E-state index contributed by atoms with van der Waals surface area (Å²) in [7, 11) is 1.57. The third kappa shape index (κ3) is 3.04. The van der Waals surface area contributed by atoms with Crippen molar-refractivity contribution in [2.24, 2.45) is 5.92 Å². The summed E-state index contributed by atoms with van der Waals surface area (Å²) in [5.41, 5.74) is -0.502. The van der Waals surface area contributed by atoms with Crippen molar-refractivity contribution in [3.63, 3.8) is 0 Å². The van der Waals surface area contributed by atoms with Gasteiger partial charge in [0.05, 0.1) is 0 Å². The van der Waals surface area contributed by atoms with Crippen LogP contribution in [0.15, 0.2) is 18.2 Å². The number of ether oxygens (including phenoxy) is 1. The Morgan fingerprint density at radius 3 is 2.90 bits per heavy atom. The molecule has 1 fully saturated rings. The number of carbonyl (C=O) groups is 1. The fourth-order valence-corrected chi connectivity index (χ4v) is 3.31. The second-order valence-electron chi connectivity index (χ2n) is 5.70. The highest BCUT2D eigenvalue weighted by atomic mass is 35.5. The molecule has 20 heavy (non-hydrogen) atoms. The number of carbonyl (C=O) groups excluding carboxylic acids is 1. The molecule has 1 aliphatic rings. The van der Waals surface area contributed by atoms with Crippen molar-refractivity contribution in [1.82, 2.24) is 0 Å². The molecule has 1 aliphatic carbocycles. The Labute approximate surface area is 124 Å². The van der Waals surface area contributed by atoms with Crippen LogP contribution in [-0.4, -0.2) is 18.5 Å². The van der Waals surface area contributed by atoms with Gasteiger partial charge in [-0.15, -0.1) is 0 Å². The number of rotatable bonds is 4. The molecule has 4 heteroatoms. The topological polar surface area (TPSA) is 26.3 Å². The molecule has 1 saturated carbocycles. The standard InChI is InChI=1S/C16H20ClFO2/c1-11-5-4-8-16(10-11,20-2)15(19)9-12-13(17)6-3-7-14(12)18/h3,6-7,11H,4-5,8-10H2,1-2H3. The minimum absolute atomic E-state index is 0.00787. The van der Waals surface area contributed by atoms with E-state index in [-0.39, 0.29) is 17.8 Å². The first-order valence-corrected chi connectivity index (χ1v) is 7.37. The summed E-state index contributed by atoms with van der Waals surface area (Å²) in [5.74, 6) is -0.0525. The number of ketones is 1. The molecule has 2 unspecified atom stereocenters. The van der Waals surface area contributed by atoms with Gasteiger partial charge in [0, 0.05) is 24.1 Å².